The Hall–Kier alpha value is -1.33. The predicted molar refractivity (Wildman–Crippen MR) is 85.3 cm³/mol. The summed E-state index contributed by atoms with van der Waals surface area (Å²) < 4.78 is 5.47. The lowest BCUT2D eigenvalue weighted by molar-refractivity contribution is -0.123. The van der Waals surface area contributed by atoms with Crippen LogP contribution < -0.4 is 15.8 Å². The Bertz CT molecular complexity index is 490. The Morgan fingerprint density at radius 3 is 2.65 bits per heavy atom. The quantitative estimate of drug-likeness (QED) is 0.759. The van der Waals surface area contributed by atoms with Crippen LogP contribution in [-0.2, 0) is 4.79 Å². The number of amides is 1. The van der Waals surface area contributed by atoms with E-state index in [1.165, 1.54) is 0 Å². The van der Waals surface area contributed by atoms with Crippen LogP contribution >= 0.6 is 23.8 Å². The van der Waals surface area contributed by atoms with E-state index in [4.69, 9.17) is 34.3 Å². The van der Waals surface area contributed by atoms with E-state index >= 15 is 0 Å². The van der Waals surface area contributed by atoms with Crippen molar-refractivity contribution in [1.29, 1.82) is 0 Å². The Balaban J connectivity index is 2.69. The molecule has 0 fully saturated rings. The Labute approximate surface area is 129 Å². The van der Waals surface area contributed by atoms with Crippen molar-refractivity contribution in [1.82, 2.24) is 5.32 Å². The topological polar surface area (TPSA) is 64.3 Å². The Morgan fingerprint density at radius 1 is 1.45 bits per heavy atom. The van der Waals surface area contributed by atoms with Gasteiger partial charge in [0.1, 0.15) is 10.7 Å². The summed E-state index contributed by atoms with van der Waals surface area (Å²) >= 11 is 11.0. The van der Waals surface area contributed by atoms with Crippen LogP contribution in [0.4, 0.5) is 0 Å². The molecule has 20 heavy (non-hydrogen) atoms. The van der Waals surface area contributed by atoms with Gasteiger partial charge < -0.3 is 15.8 Å². The maximum atomic E-state index is 11.8. The van der Waals surface area contributed by atoms with Gasteiger partial charge in [-0.15, -0.1) is 0 Å². The van der Waals surface area contributed by atoms with E-state index in [-0.39, 0.29) is 23.5 Å². The number of ether oxygens (including phenoxy) is 1. The molecule has 0 atom stereocenters. The lowest BCUT2D eigenvalue weighted by atomic mass is 10.2. The molecule has 0 saturated carbocycles. The van der Waals surface area contributed by atoms with Gasteiger partial charge >= 0.3 is 0 Å². The van der Waals surface area contributed by atoms with E-state index in [9.17, 15) is 4.79 Å². The van der Waals surface area contributed by atoms with Crippen molar-refractivity contribution in [3.05, 3.63) is 28.8 Å². The van der Waals surface area contributed by atoms with Gasteiger partial charge in [-0.1, -0.05) is 43.7 Å². The average Bonchev–Trinajstić information content (AvgIpc) is 2.42. The Morgan fingerprint density at radius 2 is 2.10 bits per heavy atom. The summed E-state index contributed by atoms with van der Waals surface area (Å²) in [4.78, 5) is 11.9. The molecule has 0 unspecified atom stereocenters. The van der Waals surface area contributed by atoms with Gasteiger partial charge in [0.25, 0.3) is 5.91 Å². The van der Waals surface area contributed by atoms with Crippen LogP contribution in [0.1, 0.15) is 32.3 Å². The SMILES string of the molecule is CCC(CC)NC(=O)COc1cccc(Cl)c1C(N)=S. The third kappa shape index (κ3) is 4.65. The first-order valence-electron chi connectivity index (χ1n) is 6.50. The van der Waals surface area contributed by atoms with Crippen molar-refractivity contribution in [2.24, 2.45) is 5.73 Å². The summed E-state index contributed by atoms with van der Waals surface area (Å²) in [5, 5.41) is 3.30. The first-order valence-corrected chi connectivity index (χ1v) is 7.28. The number of benzene rings is 1. The monoisotopic (exact) mass is 314 g/mol. The van der Waals surface area contributed by atoms with E-state index in [1.54, 1.807) is 18.2 Å². The van der Waals surface area contributed by atoms with Crippen LogP contribution in [0.2, 0.25) is 5.02 Å². The molecule has 4 nitrogen and oxygen atoms in total. The number of carbonyl (C=O) groups excluding carboxylic acids is 1. The first-order chi connectivity index (χ1) is 9.49. The number of carbonyl (C=O) groups is 1. The minimum Gasteiger partial charge on any atom is -0.483 e. The summed E-state index contributed by atoms with van der Waals surface area (Å²) in [5.74, 6) is 0.247. The summed E-state index contributed by atoms with van der Waals surface area (Å²) in [5.41, 5.74) is 6.07. The van der Waals surface area contributed by atoms with Crippen molar-refractivity contribution in [2.75, 3.05) is 6.61 Å². The van der Waals surface area contributed by atoms with Gasteiger partial charge in [0, 0.05) is 6.04 Å². The van der Waals surface area contributed by atoms with Crippen molar-refractivity contribution in [3.8, 4) is 5.75 Å². The molecular weight excluding hydrogens is 296 g/mol. The standard InChI is InChI=1S/C14H19ClN2O2S/c1-3-9(4-2)17-12(18)8-19-11-7-5-6-10(15)13(11)14(16)20/h5-7,9H,3-4,8H2,1-2H3,(H2,16,20)(H,17,18). The minimum absolute atomic E-state index is 0.0908. The molecule has 1 amide bonds. The molecule has 0 heterocycles. The molecule has 6 heteroatoms. The molecule has 0 aromatic heterocycles. The second-order valence-electron chi connectivity index (χ2n) is 4.35. The predicted octanol–water partition coefficient (Wildman–Crippen LogP) is 2.66. The maximum Gasteiger partial charge on any atom is 0.258 e. The van der Waals surface area contributed by atoms with Crippen LogP contribution in [0.3, 0.4) is 0 Å². The zero-order valence-corrected chi connectivity index (χ0v) is 13.2. The summed E-state index contributed by atoms with van der Waals surface area (Å²) in [6, 6.07) is 5.25. The van der Waals surface area contributed by atoms with Gasteiger partial charge in [-0.05, 0) is 25.0 Å². The van der Waals surface area contributed by atoms with E-state index < -0.39 is 0 Å². The number of hydrogen-bond donors (Lipinski definition) is 2. The summed E-state index contributed by atoms with van der Waals surface area (Å²) in [6.07, 6.45) is 1.77. The largest absolute Gasteiger partial charge is 0.483 e. The zero-order chi connectivity index (χ0) is 15.1. The van der Waals surface area contributed by atoms with Crippen molar-refractivity contribution < 1.29 is 9.53 Å². The molecule has 3 N–H and O–H groups in total. The van der Waals surface area contributed by atoms with Gasteiger partial charge in [-0.3, -0.25) is 4.79 Å². The fraction of sp³-hybridized carbons (Fsp3) is 0.429. The van der Waals surface area contributed by atoms with Crippen LogP contribution in [0, 0.1) is 0 Å². The van der Waals surface area contributed by atoms with Gasteiger partial charge in [0.15, 0.2) is 6.61 Å². The number of hydrogen-bond acceptors (Lipinski definition) is 3. The van der Waals surface area contributed by atoms with E-state index in [1.807, 2.05) is 13.8 Å². The van der Waals surface area contributed by atoms with Crippen molar-refractivity contribution in [3.63, 3.8) is 0 Å². The van der Waals surface area contributed by atoms with Gasteiger partial charge in [-0.2, -0.15) is 0 Å². The van der Waals surface area contributed by atoms with Gasteiger partial charge in [-0.25, -0.2) is 0 Å². The van der Waals surface area contributed by atoms with Crippen LogP contribution in [0.15, 0.2) is 18.2 Å². The zero-order valence-electron chi connectivity index (χ0n) is 11.6. The molecule has 0 saturated heterocycles. The highest BCUT2D eigenvalue weighted by Gasteiger charge is 2.13. The third-order valence-corrected chi connectivity index (χ3v) is 3.45. The van der Waals surface area contributed by atoms with Crippen LogP contribution in [0.25, 0.3) is 0 Å². The molecule has 0 bridgehead atoms. The van der Waals surface area contributed by atoms with Crippen LogP contribution in [0.5, 0.6) is 5.75 Å². The molecular formula is C14H19ClN2O2S. The summed E-state index contributed by atoms with van der Waals surface area (Å²) in [7, 11) is 0. The third-order valence-electron chi connectivity index (χ3n) is 2.93. The minimum atomic E-state index is -0.174. The molecule has 0 aliphatic heterocycles. The smallest absolute Gasteiger partial charge is 0.258 e. The highest BCUT2D eigenvalue weighted by molar-refractivity contribution is 7.80. The number of thiocarbonyl (C=S) groups is 1. The molecule has 1 aromatic rings. The fourth-order valence-corrected chi connectivity index (χ4v) is 2.30. The lowest BCUT2D eigenvalue weighted by Gasteiger charge is -2.16. The molecule has 1 rings (SSSR count). The summed E-state index contributed by atoms with van der Waals surface area (Å²) in [6.45, 7) is 3.96. The van der Waals surface area contributed by atoms with E-state index in [0.717, 1.165) is 12.8 Å². The normalized spacial score (nSPS) is 10.4. The van der Waals surface area contributed by atoms with E-state index in [0.29, 0.717) is 16.3 Å². The van der Waals surface area contributed by atoms with Gasteiger partial charge in [0.2, 0.25) is 0 Å². The highest BCUT2D eigenvalue weighted by Crippen LogP contribution is 2.26. The fourth-order valence-electron chi connectivity index (χ4n) is 1.77. The maximum absolute atomic E-state index is 11.8. The number of nitrogens with two attached hydrogens (primary N) is 1. The second kappa shape index (κ2) is 8.07. The molecule has 0 spiro atoms. The molecule has 0 radical (unpaired) electrons. The van der Waals surface area contributed by atoms with Crippen molar-refractivity contribution >= 4 is 34.7 Å². The van der Waals surface area contributed by atoms with Crippen molar-refractivity contribution in [2.45, 2.75) is 32.7 Å². The second-order valence-corrected chi connectivity index (χ2v) is 5.19. The lowest BCUT2D eigenvalue weighted by Crippen LogP contribution is -2.37. The van der Waals surface area contributed by atoms with Gasteiger partial charge in [0.05, 0.1) is 10.6 Å². The van der Waals surface area contributed by atoms with Crippen LogP contribution in [-0.4, -0.2) is 23.5 Å². The first kappa shape index (κ1) is 16.7. The molecule has 0 aliphatic carbocycles. The number of rotatable bonds is 7. The number of nitrogens with one attached hydrogen (secondary N) is 1. The highest BCUT2D eigenvalue weighted by atomic mass is 35.5. The average molecular weight is 315 g/mol. The molecule has 0 aliphatic rings. The van der Waals surface area contributed by atoms with E-state index in [2.05, 4.69) is 5.32 Å². The Kier molecular flexibility index (Phi) is 6.75. The molecule has 1 aromatic carbocycles. The number of halogens is 1. The molecule has 110 valence electrons.